The fraction of sp³-hybridized carbons (Fsp3) is 0.375. The van der Waals surface area contributed by atoms with E-state index in [4.69, 9.17) is 4.74 Å². The van der Waals surface area contributed by atoms with Gasteiger partial charge in [-0.05, 0) is 23.5 Å². The third kappa shape index (κ3) is 5.80. The van der Waals surface area contributed by atoms with Crippen LogP contribution >= 0.6 is 0 Å². The second-order valence-electron chi connectivity index (χ2n) is 7.65. The molecule has 3 nitrogen and oxygen atoms in total. The van der Waals surface area contributed by atoms with E-state index in [2.05, 4.69) is 73.4 Å². The van der Waals surface area contributed by atoms with Gasteiger partial charge in [-0.1, -0.05) is 80.6 Å². The molecule has 1 aliphatic rings. The van der Waals surface area contributed by atoms with Crippen molar-refractivity contribution in [2.24, 2.45) is 5.92 Å². The summed E-state index contributed by atoms with van der Waals surface area (Å²) >= 11 is 0. The van der Waals surface area contributed by atoms with Crippen LogP contribution in [0.4, 0.5) is 0 Å². The van der Waals surface area contributed by atoms with Crippen LogP contribution in [-0.2, 0) is 22.6 Å². The molecule has 1 aliphatic heterocycles. The predicted octanol–water partition coefficient (Wildman–Crippen LogP) is 4.98. The minimum absolute atomic E-state index is 0.150. The lowest BCUT2D eigenvalue weighted by atomic mass is 9.98. The van der Waals surface area contributed by atoms with Crippen molar-refractivity contribution < 1.29 is 9.53 Å². The first-order valence-corrected chi connectivity index (χ1v) is 9.81. The monoisotopic (exact) mass is 363 g/mol. The lowest BCUT2D eigenvalue weighted by molar-refractivity contribution is -0.135. The van der Waals surface area contributed by atoms with E-state index in [0.717, 1.165) is 31.5 Å². The average molecular weight is 364 g/mol. The van der Waals surface area contributed by atoms with Gasteiger partial charge in [0.25, 0.3) is 0 Å². The normalized spacial score (nSPS) is 16.9. The molecule has 3 heteroatoms. The maximum Gasteiger partial charge on any atom is 0.333 e. The number of carbonyl (C=O) groups excluding carboxylic acids is 1. The van der Waals surface area contributed by atoms with Crippen LogP contribution < -0.4 is 0 Å². The van der Waals surface area contributed by atoms with E-state index in [-0.39, 0.29) is 12.0 Å². The molecule has 3 rings (SSSR count). The van der Waals surface area contributed by atoms with Gasteiger partial charge in [0, 0.05) is 31.1 Å². The van der Waals surface area contributed by atoms with Gasteiger partial charge < -0.3 is 4.74 Å². The molecule has 1 saturated heterocycles. The third-order valence-electron chi connectivity index (χ3n) is 4.90. The minimum Gasteiger partial charge on any atom is -0.462 e. The molecule has 2 aromatic rings. The molecule has 0 bridgehead atoms. The Hall–Kier alpha value is -2.39. The molecule has 0 spiro atoms. The topological polar surface area (TPSA) is 29.5 Å². The first-order valence-electron chi connectivity index (χ1n) is 9.81. The number of hydrogen-bond acceptors (Lipinski definition) is 3. The van der Waals surface area contributed by atoms with Crippen molar-refractivity contribution in [3.63, 3.8) is 0 Å². The van der Waals surface area contributed by atoms with Gasteiger partial charge in [-0.3, -0.25) is 4.90 Å². The summed E-state index contributed by atoms with van der Waals surface area (Å²) in [6.07, 6.45) is 3.88. The first-order chi connectivity index (χ1) is 13.1. The molecule has 2 aromatic carbocycles. The van der Waals surface area contributed by atoms with Crippen molar-refractivity contribution in [1.29, 1.82) is 0 Å². The number of benzene rings is 2. The van der Waals surface area contributed by atoms with Crippen molar-refractivity contribution >= 4 is 5.97 Å². The Kier molecular flexibility index (Phi) is 6.83. The van der Waals surface area contributed by atoms with Crippen LogP contribution in [0.5, 0.6) is 0 Å². The smallest absolute Gasteiger partial charge is 0.333 e. The quantitative estimate of drug-likeness (QED) is 0.489. The van der Waals surface area contributed by atoms with Gasteiger partial charge in [0.1, 0.15) is 0 Å². The summed E-state index contributed by atoms with van der Waals surface area (Å²) in [6, 6.07) is 21.3. The molecule has 1 atom stereocenters. The summed E-state index contributed by atoms with van der Waals surface area (Å²) in [5.41, 5.74) is 3.40. The van der Waals surface area contributed by atoms with Crippen LogP contribution in [-0.4, -0.2) is 23.5 Å². The number of cyclic esters (lactones) is 1. The summed E-state index contributed by atoms with van der Waals surface area (Å²) < 4.78 is 5.16. The molecule has 142 valence electrons. The van der Waals surface area contributed by atoms with E-state index >= 15 is 0 Å². The lowest BCUT2D eigenvalue weighted by Gasteiger charge is -2.31. The van der Waals surface area contributed by atoms with Crippen molar-refractivity contribution in [3.8, 4) is 0 Å². The molecule has 0 saturated carbocycles. The largest absolute Gasteiger partial charge is 0.462 e. The SMILES string of the molecule is CC(C)C[C@@H](/C=C1\CCOC1=O)N(Cc1ccccc1)Cc1ccccc1. The second-order valence-corrected chi connectivity index (χ2v) is 7.65. The number of rotatable bonds is 8. The van der Waals surface area contributed by atoms with Crippen molar-refractivity contribution in [3.05, 3.63) is 83.4 Å². The Balaban J connectivity index is 1.89. The van der Waals surface area contributed by atoms with Crippen LogP contribution in [0.3, 0.4) is 0 Å². The fourth-order valence-corrected chi connectivity index (χ4v) is 3.56. The highest BCUT2D eigenvalue weighted by Crippen LogP contribution is 2.23. The molecule has 0 aromatic heterocycles. The van der Waals surface area contributed by atoms with Gasteiger partial charge in [-0.25, -0.2) is 4.79 Å². The maximum absolute atomic E-state index is 12.0. The number of ether oxygens (including phenoxy) is 1. The summed E-state index contributed by atoms with van der Waals surface area (Å²) in [6.45, 7) is 6.69. The highest BCUT2D eigenvalue weighted by Gasteiger charge is 2.24. The van der Waals surface area contributed by atoms with E-state index in [1.54, 1.807) is 0 Å². The lowest BCUT2D eigenvalue weighted by Crippen LogP contribution is -2.34. The van der Waals surface area contributed by atoms with Crippen molar-refractivity contribution in [2.45, 2.75) is 45.8 Å². The Morgan fingerprint density at radius 2 is 1.52 bits per heavy atom. The molecule has 0 aliphatic carbocycles. The summed E-state index contributed by atoms with van der Waals surface area (Å²) in [5, 5.41) is 0. The van der Waals surface area contributed by atoms with Gasteiger partial charge >= 0.3 is 5.97 Å². The molecule has 0 radical (unpaired) electrons. The van der Waals surface area contributed by atoms with Gasteiger partial charge in [0.15, 0.2) is 0 Å². The van der Waals surface area contributed by atoms with Crippen LogP contribution in [0.2, 0.25) is 0 Å². The van der Waals surface area contributed by atoms with Crippen LogP contribution in [0.25, 0.3) is 0 Å². The fourth-order valence-electron chi connectivity index (χ4n) is 3.56. The third-order valence-corrected chi connectivity index (χ3v) is 4.90. The highest BCUT2D eigenvalue weighted by atomic mass is 16.5. The zero-order valence-corrected chi connectivity index (χ0v) is 16.3. The van der Waals surface area contributed by atoms with Crippen LogP contribution in [0.15, 0.2) is 72.3 Å². The average Bonchev–Trinajstić information content (AvgIpc) is 3.07. The predicted molar refractivity (Wildman–Crippen MR) is 109 cm³/mol. The summed E-state index contributed by atoms with van der Waals surface area (Å²) in [7, 11) is 0. The first kappa shape index (κ1) is 19.4. The standard InChI is InChI=1S/C24H29NO2/c1-19(2)15-23(16-22-13-14-27-24(22)26)25(17-20-9-5-3-6-10-20)18-21-11-7-4-8-12-21/h3-12,16,19,23H,13-15,17-18H2,1-2H3/b22-16+/t23-/m0/s1. The van der Waals surface area contributed by atoms with E-state index in [1.807, 2.05) is 12.1 Å². The van der Waals surface area contributed by atoms with Gasteiger partial charge in [-0.2, -0.15) is 0 Å². The van der Waals surface area contributed by atoms with Crippen LogP contribution in [0, 0.1) is 5.92 Å². The Morgan fingerprint density at radius 1 is 0.963 bits per heavy atom. The van der Waals surface area contributed by atoms with Crippen molar-refractivity contribution in [2.75, 3.05) is 6.61 Å². The molecule has 27 heavy (non-hydrogen) atoms. The van der Waals surface area contributed by atoms with Gasteiger partial charge in [0.2, 0.25) is 0 Å². The number of hydrogen-bond donors (Lipinski definition) is 0. The molecule has 0 amide bonds. The van der Waals surface area contributed by atoms with E-state index in [0.29, 0.717) is 12.5 Å². The van der Waals surface area contributed by atoms with Crippen molar-refractivity contribution in [1.82, 2.24) is 4.90 Å². The maximum atomic E-state index is 12.0. The van der Waals surface area contributed by atoms with Gasteiger partial charge in [0.05, 0.1) is 6.61 Å². The second kappa shape index (κ2) is 9.52. The minimum atomic E-state index is -0.150. The summed E-state index contributed by atoms with van der Waals surface area (Å²) in [5.74, 6) is 0.390. The number of carbonyl (C=O) groups is 1. The Labute approximate surface area is 162 Å². The zero-order chi connectivity index (χ0) is 19.1. The molecule has 0 N–H and O–H groups in total. The van der Waals surface area contributed by atoms with Gasteiger partial charge in [-0.15, -0.1) is 0 Å². The van der Waals surface area contributed by atoms with E-state index in [9.17, 15) is 4.79 Å². The Morgan fingerprint density at radius 3 is 1.96 bits per heavy atom. The molecule has 1 heterocycles. The molecular formula is C24H29NO2. The van der Waals surface area contributed by atoms with E-state index in [1.165, 1.54) is 11.1 Å². The molecule has 0 unspecified atom stereocenters. The highest BCUT2D eigenvalue weighted by molar-refractivity contribution is 5.90. The number of nitrogens with zero attached hydrogens (tertiary/aromatic N) is 1. The van der Waals surface area contributed by atoms with E-state index < -0.39 is 0 Å². The molecule has 1 fully saturated rings. The molecular weight excluding hydrogens is 334 g/mol. The number of esters is 1. The van der Waals surface area contributed by atoms with Crippen LogP contribution in [0.1, 0.15) is 37.8 Å². The Bertz CT molecular complexity index is 711. The zero-order valence-electron chi connectivity index (χ0n) is 16.3. The summed E-state index contributed by atoms with van der Waals surface area (Å²) in [4.78, 5) is 14.5.